The molecule has 1 aliphatic rings. The third kappa shape index (κ3) is 4.03. The molecule has 0 unspecified atom stereocenters. The van der Waals surface area contributed by atoms with Crippen molar-refractivity contribution in [2.24, 2.45) is 0 Å². The number of para-hydroxylation sites is 1. The van der Waals surface area contributed by atoms with Gasteiger partial charge >= 0.3 is 0 Å². The number of fused-ring (bicyclic) bond motifs is 1. The molecule has 1 amide bonds. The van der Waals surface area contributed by atoms with Gasteiger partial charge in [-0.2, -0.15) is 0 Å². The van der Waals surface area contributed by atoms with Crippen LogP contribution in [0.5, 0.6) is 0 Å². The van der Waals surface area contributed by atoms with Crippen molar-refractivity contribution in [3.63, 3.8) is 0 Å². The summed E-state index contributed by atoms with van der Waals surface area (Å²) in [6.07, 6.45) is 0.905. The van der Waals surface area contributed by atoms with E-state index in [0.717, 1.165) is 34.5 Å². The van der Waals surface area contributed by atoms with Gasteiger partial charge in [-0.05, 0) is 48.1 Å². The zero-order chi connectivity index (χ0) is 21.2. The number of nitrogens with zero attached hydrogens (tertiary/aromatic N) is 4. The van der Waals surface area contributed by atoms with Crippen molar-refractivity contribution >= 4 is 29.0 Å². The van der Waals surface area contributed by atoms with Crippen molar-refractivity contribution in [1.29, 1.82) is 0 Å². The van der Waals surface area contributed by atoms with E-state index >= 15 is 0 Å². The Morgan fingerprint density at radius 2 is 1.77 bits per heavy atom. The van der Waals surface area contributed by atoms with Crippen LogP contribution in [0, 0.1) is 0 Å². The third-order valence-corrected chi connectivity index (χ3v) is 7.36. The average molecular weight is 447 g/mol. The van der Waals surface area contributed by atoms with Gasteiger partial charge in [0.25, 0.3) is 0 Å². The molecule has 0 radical (unpaired) electrons. The van der Waals surface area contributed by atoms with Gasteiger partial charge in [-0.3, -0.25) is 9.36 Å². The molecule has 1 atom stereocenters. The van der Waals surface area contributed by atoms with E-state index in [9.17, 15) is 4.79 Å². The fraction of sp³-hybridized carbons (Fsp3) is 0.208. The summed E-state index contributed by atoms with van der Waals surface area (Å²) in [5, 5.41) is 11.4. The first-order valence-electron chi connectivity index (χ1n) is 10.3. The van der Waals surface area contributed by atoms with Gasteiger partial charge in [0.2, 0.25) is 5.91 Å². The Kier molecular flexibility index (Phi) is 5.61. The molecule has 4 aromatic rings. The standard InChI is InChI=1S/C24H22N4OS2/c1-17(23(29)27-14-13-18-8-5-6-9-19(18)16-27)31-24-26-25-22(21-12-7-15-30-21)28(24)20-10-3-2-4-11-20/h2-12,15,17H,13-14,16H2,1H3/t17-/m1/s1. The van der Waals surface area contributed by atoms with Gasteiger partial charge in [-0.15, -0.1) is 21.5 Å². The molecule has 0 saturated carbocycles. The monoisotopic (exact) mass is 446 g/mol. The van der Waals surface area contributed by atoms with Gasteiger partial charge < -0.3 is 4.90 Å². The second-order valence-electron chi connectivity index (χ2n) is 7.49. The van der Waals surface area contributed by atoms with Crippen LogP contribution in [-0.4, -0.2) is 37.4 Å². The first kappa shape index (κ1) is 20.0. The molecule has 0 saturated heterocycles. The Hall–Kier alpha value is -2.90. The highest BCUT2D eigenvalue weighted by atomic mass is 32.2. The maximum atomic E-state index is 13.2. The molecular weight excluding hydrogens is 424 g/mol. The minimum absolute atomic E-state index is 0.139. The van der Waals surface area contributed by atoms with Crippen LogP contribution >= 0.6 is 23.1 Å². The molecule has 3 heterocycles. The summed E-state index contributed by atoms with van der Waals surface area (Å²) in [7, 11) is 0. The van der Waals surface area contributed by atoms with Gasteiger partial charge in [-0.25, -0.2) is 0 Å². The van der Waals surface area contributed by atoms with E-state index < -0.39 is 0 Å². The Morgan fingerprint density at radius 1 is 1.00 bits per heavy atom. The maximum absolute atomic E-state index is 13.2. The van der Waals surface area contributed by atoms with Crippen molar-refractivity contribution in [1.82, 2.24) is 19.7 Å². The molecule has 31 heavy (non-hydrogen) atoms. The molecule has 0 aliphatic carbocycles. The summed E-state index contributed by atoms with van der Waals surface area (Å²) in [5.74, 6) is 0.940. The zero-order valence-electron chi connectivity index (χ0n) is 17.1. The SMILES string of the molecule is C[C@@H](Sc1nnc(-c2cccs2)n1-c1ccccc1)C(=O)N1CCc2ccccc2C1. The summed E-state index contributed by atoms with van der Waals surface area (Å²) in [5.41, 5.74) is 3.58. The summed E-state index contributed by atoms with van der Waals surface area (Å²) in [6.45, 7) is 3.39. The molecule has 0 spiro atoms. The second kappa shape index (κ2) is 8.69. The number of hydrogen-bond acceptors (Lipinski definition) is 5. The third-order valence-electron chi connectivity index (χ3n) is 5.46. The van der Waals surface area contributed by atoms with E-state index in [4.69, 9.17) is 0 Å². The summed E-state index contributed by atoms with van der Waals surface area (Å²) in [4.78, 5) is 16.3. The normalized spacial score (nSPS) is 14.3. The first-order valence-corrected chi connectivity index (χ1v) is 12.0. The smallest absolute Gasteiger partial charge is 0.236 e. The lowest BCUT2D eigenvalue weighted by Crippen LogP contribution is -2.40. The molecule has 1 aliphatic heterocycles. The number of benzene rings is 2. The topological polar surface area (TPSA) is 51.0 Å². The molecular formula is C24H22N4OS2. The fourth-order valence-electron chi connectivity index (χ4n) is 3.87. The van der Waals surface area contributed by atoms with E-state index in [1.54, 1.807) is 11.3 Å². The molecule has 2 aromatic carbocycles. The zero-order valence-corrected chi connectivity index (χ0v) is 18.8. The number of carbonyl (C=O) groups is 1. The summed E-state index contributed by atoms with van der Waals surface area (Å²) < 4.78 is 2.05. The maximum Gasteiger partial charge on any atom is 0.236 e. The van der Waals surface area contributed by atoms with Gasteiger partial charge in [0.15, 0.2) is 11.0 Å². The fourth-order valence-corrected chi connectivity index (χ4v) is 5.52. The highest BCUT2D eigenvalue weighted by molar-refractivity contribution is 8.00. The van der Waals surface area contributed by atoms with Crippen LogP contribution in [0.4, 0.5) is 0 Å². The number of thioether (sulfide) groups is 1. The highest BCUT2D eigenvalue weighted by Gasteiger charge is 2.27. The number of aromatic nitrogens is 3. The van der Waals surface area contributed by atoms with E-state index in [2.05, 4.69) is 28.4 Å². The molecule has 0 fully saturated rings. The number of carbonyl (C=O) groups excluding carboxylic acids is 1. The molecule has 0 N–H and O–H groups in total. The van der Waals surface area contributed by atoms with Crippen LogP contribution in [0.25, 0.3) is 16.4 Å². The molecule has 7 heteroatoms. The van der Waals surface area contributed by atoms with Crippen molar-refractivity contribution in [2.45, 2.75) is 30.3 Å². The van der Waals surface area contributed by atoms with Crippen molar-refractivity contribution < 1.29 is 4.79 Å². The van der Waals surface area contributed by atoms with Crippen LogP contribution in [0.3, 0.4) is 0 Å². The van der Waals surface area contributed by atoms with Crippen LogP contribution in [-0.2, 0) is 17.8 Å². The van der Waals surface area contributed by atoms with Crippen LogP contribution in [0.1, 0.15) is 18.1 Å². The molecule has 2 aromatic heterocycles. The van der Waals surface area contributed by atoms with Crippen molar-refractivity contribution in [2.75, 3.05) is 6.54 Å². The largest absolute Gasteiger partial charge is 0.337 e. The number of amides is 1. The van der Waals surface area contributed by atoms with Gasteiger partial charge in [0.1, 0.15) is 0 Å². The Bertz CT molecular complexity index is 1190. The molecule has 0 bridgehead atoms. The number of hydrogen-bond donors (Lipinski definition) is 0. The van der Waals surface area contributed by atoms with Gasteiger partial charge in [-0.1, -0.05) is 60.3 Å². The quantitative estimate of drug-likeness (QED) is 0.402. The van der Waals surface area contributed by atoms with Crippen molar-refractivity contribution in [3.05, 3.63) is 83.2 Å². The Morgan fingerprint density at radius 3 is 2.55 bits per heavy atom. The predicted molar refractivity (Wildman–Crippen MR) is 126 cm³/mol. The number of thiophene rings is 1. The lowest BCUT2D eigenvalue weighted by molar-refractivity contribution is -0.131. The van der Waals surface area contributed by atoms with Crippen LogP contribution in [0.15, 0.2) is 77.3 Å². The van der Waals surface area contributed by atoms with Gasteiger partial charge in [0.05, 0.1) is 10.1 Å². The van der Waals surface area contributed by atoms with E-state index in [1.165, 1.54) is 22.9 Å². The van der Waals surface area contributed by atoms with Gasteiger partial charge in [0, 0.05) is 18.8 Å². The number of rotatable bonds is 5. The van der Waals surface area contributed by atoms with E-state index in [-0.39, 0.29) is 11.2 Å². The lowest BCUT2D eigenvalue weighted by atomic mass is 10.00. The van der Waals surface area contributed by atoms with Crippen molar-refractivity contribution in [3.8, 4) is 16.4 Å². The highest BCUT2D eigenvalue weighted by Crippen LogP contribution is 2.33. The van der Waals surface area contributed by atoms with Crippen LogP contribution in [0.2, 0.25) is 0 Å². The summed E-state index contributed by atoms with van der Waals surface area (Å²) in [6, 6.07) is 22.5. The minimum Gasteiger partial charge on any atom is -0.337 e. The Labute approximate surface area is 189 Å². The van der Waals surface area contributed by atoms with Crippen LogP contribution < -0.4 is 0 Å². The Balaban J connectivity index is 1.40. The molecule has 156 valence electrons. The molecule has 5 nitrogen and oxygen atoms in total. The molecule has 5 rings (SSSR count). The summed E-state index contributed by atoms with van der Waals surface area (Å²) >= 11 is 3.10. The van der Waals surface area contributed by atoms with E-state index in [1.807, 2.05) is 70.3 Å². The van der Waals surface area contributed by atoms with E-state index in [0.29, 0.717) is 6.54 Å². The lowest BCUT2D eigenvalue weighted by Gasteiger charge is -2.30. The average Bonchev–Trinajstić information content (AvgIpc) is 3.49. The second-order valence-corrected chi connectivity index (χ2v) is 9.75. The first-order chi connectivity index (χ1) is 15.2. The minimum atomic E-state index is -0.256. The predicted octanol–water partition coefficient (Wildman–Crippen LogP) is 5.06.